The number of nitrogens with one attached hydrogen (secondary N) is 1. The maximum Gasteiger partial charge on any atom is 0.0791 e. The van der Waals surface area contributed by atoms with Gasteiger partial charge in [-0.3, -0.25) is 4.90 Å². The van der Waals surface area contributed by atoms with E-state index in [1.807, 2.05) is 0 Å². The molecule has 0 bridgehead atoms. The van der Waals surface area contributed by atoms with Crippen molar-refractivity contribution in [2.75, 3.05) is 52.5 Å². The summed E-state index contributed by atoms with van der Waals surface area (Å²) in [5, 5.41) is 13.2. The molecule has 1 aliphatic heterocycles. The summed E-state index contributed by atoms with van der Waals surface area (Å²) in [6.07, 6.45) is 2.20. The van der Waals surface area contributed by atoms with Crippen molar-refractivity contribution < 1.29 is 14.6 Å². The number of ether oxygens (including phenoxy) is 2. The Hall–Kier alpha value is -0.200. The highest BCUT2D eigenvalue weighted by atomic mass is 16.5. The molecule has 19 heavy (non-hydrogen) atoms. The highest BCUT2D eigenvalue weighted by molar-refractivity contribution is 4.69. The van der Waals surface area contributed by atoms with Gasteiger partial charge in [-0.15, -0.1) is 0 Å². The number of nitrogens with zero attached hydrogens (tertiary/aromatic N) is 1. The third-order valence-corrected chi connectivity index (χ3v) is 3.15. The van der Waals surface area contributed by atoms with Crippen LogP contribution in [0.1, 0.15) is 26.7 Å². The van der Waals surface area contributed by atoms with E-state index in [-0.39, 0.29) is 6.10 Å². The second kappa shape index (κ2) is 10.6. The van der Waals surface area contributed by atoms with E-state index in [0.717, 1.165) is 58.8 Å². The number of morpholine rings is 1. The predicted octanol–water partition coefficient (Wildman–Crippen LogP) is 0.474. The molecule has 1 heterocycles. The van der Waals surface area contributed by atoms with Crippen LogP contribution < -0.4 is 5.32 Å². The maximum atomic E-state index is 9.91. The standard InChI is InChI=1S/C14H30N2O3/c1-13(2)19-8-4-3-5-15-11-14(17)12-16-6-9-18-10-7-16/h13-15,17H,3-12H2,1-2H3. The van der Waals surface area contributed by atoms with Crippen LogP contribution in [0.4, 0.5) is 0 Å². The highest BCUT2D eigenvalue weighted by Gasteiger charge is 2.14. The van der Waals surface area contributed by atoms with Gasteiger partial charge in [-0.05, 0) is 33.2 Å². The molecule has 0 amide bonds. The average Bonchev–Trinajstić information content (AvgIpc) is 2.38. The molecule has 2 N–H and O–H groups in total. The summed E-state index contributed by atoms with van der Waals surface area (Å²) in [6, 6.07) is 0. The first-order chi connectivity index (χ1) is 9.18. The minimum Gasteiger partial charge on any atom is -0.390 e. The number of aliphatic hydroxyl groups is 1. The average molecular weight is 274 g/mol. The Kier molecular flexibility index (Phi) is 9.38. The fraction of sp³-hybridized carbons (Fsp3) is 1.00. The Bertz CT molecular complexity index is 209. The van der Waals surface area contributed by atoms with Gasteiger partial charge in [0.1, 0.15) is 0 Å². The molecule has 0 spiro atoms. The van der Waals surface area contributed by atoms with Gasteiger partial charge in [-0.2, -0.15) is 0 Å². The molecule has 0 aromatic carbocycles. The molecule has 5 nitrogen and oxygen atoms in total. The van der Waals surface area contributed by atoms with E-state index in [4.69, 9.17) is 9.47 Å². The second-order valence-electron chi connectivity index (χ2n) is 5.40. The lowest BCUT2D eigenvalue weighted by Crippen LogP contribution is -2.43. The van der Waals surface area contributed by atoms with Crippen LogP contribution >= 0.6 is 0 Å². The molecular weight excluding hydrogens is 244 g/mol. The van der Waals surface area contributed by atoms with Crippen LogP contribution in [0.3, 0.4) is 0 Å². The first-order valence-corrected chi connectivity index (χ1v) is 7.49. The molecular formula is C14H30N2O3. The van der Waals surface area contributed by atoms with Gasteiger partial charge >= 0.3 is 0 Å². The van der Waals surface area contributed by atoms with E-state index in [0.29, 0.717) is 12.6 Å². The number of rotatable bonds is 10. The number of unbranched alkanes of at least 4 members (excludes halogenated alkanes) is 1. The Labute approximate surface area is 117 Å². The number of hydrogen-bond acceptors (Lipinski definition) is 5. The summed E-state index contributed by atoms with van der Waals surface area (Å²) >= 11 is 0. The first-order valence-electron chi connectivity index (χ1n) is 7.49. The normalized spacial score (nSPS) is 18.9. The number of hydrogen-bond donors (Lipinski definition) is 2. The third-order valence-electron chi connectivity index (χ3n) is 3.15. The van der Waals surface area contributed by atoms with Crippen LogP contribution in [0, 0.1) is 0 Å². The zero-order valence-electron chi connectivity index (χ0n) is 12.4. The Morgan fingerprint density at radius 2 is 2.00 bits per heavy atom. The fourth-order valence-electron chi connectivity index (χ4n) is 2.09. The van der Waals surface area contributed by atoms with Crippen molar-refractivity contribution >= 4 is 0 Å². The summed E-state index contributed by atoms with van der Waals surface area (Å²) in [6.45, 7) is 10.7. The molecule has 1 atom stereocenters. The zero-order valence-corrected chi connectivity index (χ0v) is 12.4. The largest absolute Gasteiger partial charge is 0.390 e. The van der Waals surface area contributed by atoms with Gasteiger partial charge in [0, 0.05) is 32.8 Å². The zero-order chi connectivity index (χ0) is 13.9. The summed E-state index contributed by atoms with van der Waals surface area (Å²) < 4.78 is 10.8. The van der Waals surface area contributed by atoms with Gasteiger partial charge in [-0.1, -0.05) is 0 Å². The van der Waals surface area contributed by atoms with Crippen LogP contribution in [0.5, 0.6) is 0 Å². The van der Waals surface area contributed by atoms with Gasteiger partial charge in [0.2, 0.25) is 0 Å². The topological polar surface area (TPSA) is 54.0 Å². The van der Waals surface area contributed by atoms with Crippen LogP contribution in [0.25, 0.3) is 0 Å². The molecule has 0 aromatic rings. The van der Waals surface area contributed by atoms with E-state index in [1.165, 1.54) is 0 Å². The molecule has 1 aliphatic rings. The fourth-order valence-corrected chi connectivity index (χ4v) is 2.09. The van der Waals surface area contributed by atoms with Crippen molar-refractivity contribution in [3.63, 3.8) is 0 Å². The molecule has 0 saturated carbocycles. The molecule has 1 rings (SSSR count). The van der Waals surface area contributed by atoms with Gasteiger partial charge in [0.15, 0.2) is 0 Å². The summed E-state index contributed by atoms with van der Waals surface area (Å²) in [5.41, 5.74) is 0. The SMILES string of the molecule is CC(C)OCCCCNCC(O)CN1CCOCC1. The quantitative estimate of drug-likeness (QED) is 0.567. The molecule has 0 radical (unpaired) electrons. The summed E-state index contributed by atoms with van der Waals surface area (Å²) in [4.78, 5) is 2.26. The van der Waals surface area contributed by atoms with Crippen LogP contribution in [0.15, 0.2) is 0 Å². The van der Waals surface area contributed by atoms with E-state index >= 15 is 0 Å². The molecule has 1 fully saturated rings. The van der Waals surface area contributed by atoms with Gasteiger partial charge in [0.25, 0.3) is 0 Å². The van der Waals surface area contributed by atoms with E-state index in [9.17, 15) is 5.11 Å². The van der Waals surface area contributed by atoms with E-state index in [1.54, 1.807) is 0 Å². The summed E-state index contributed by atoms with van der Waals surface area (Å²) in [5.74, 6) is 0. The molecule has 1 saturated heterocycles. The maximum absolute atomic E-state index is 9.91. The molecule has 0 aromatic heterocycles. The lowest BCUT2D eigenvalue weighted by molar-refractivity contribution is 0.0149. The lowest BCUT2D eigenvalue weighted by Gasteiger charge is -2.28. The summed E-state index contributed by atoms with van der Waals surface area (Å²) in [7, 11) is 0. The van der Waals surface area contributed by atoms with E-state index in [2.05, 4.69) is 24.1 Å². The van der Waals surface area contributed by atoms with Crippen molar-refractivity contribution in [1.82, 2.24) is 10.2 Å². The van der Waals surface area contributed by atoms with Crippen LogP contribution in [-0.4, -0.2) is 74.8 Å². The van der Waals surface area contributed by atoms with Gasteiger partial charge < -0.3 is 19.9 Å². The van der Waals surface area contributed by atoms with E-state index < -0.39 is 0 Å². The van der Waals surface area contributed by atoms with Gasteiger partial charge in [-0.25, -0.2) is 0 Å². The Morgan fingerprint density at radius 3 is 2.68 bits per heavy atom. The smallest absolute Gasteiger partial charge is 0.0791 e. The molecule has 0 aliphatic carbocycles. The molecule has 5 heteroatoms. The second-order valence-corrected chi connectivity index (χ2v) is 5.40. The third kappa shape index (κ3) is 9.35. The minimum absolute atomic E-state index is 0.287. The predicted molar refractivity (Wildman–Crippen MR) is 76.5 cm³/mol. The Morgan fingerprint density at radius 1 is 1.26 bits per heavy atom. The number of aliphatic hydroxyl groups excluding tert-OH is 1. The lowest BCUT2D eigenvalue weighted by atomic mass is 10.2. The van der Waals surface area contributed by atoms with Crippen LogP contribution in [-0.2, 0) is 9.47 Å². The van der Waals surface area contributed by atoms with Crippen molar-refractivity contribution in [3.05, 3.63) is 0 Å². The molecule has 1 unspecified atom stereocenters. The van der Waals surface area contributed by atoms with Crippen molar-refractivity contribution in [1.29, 1.82) is 0 Å². The highest BCUT2D eigenvalue weighted by Crippen LogP contribution is 1.98. The van der Waals surface area contributed by atoms with Crippen molar-refractivity contribution in [3.8, 4) is 0 Å². The number of β-amino-alcohol motifs (C(OH)–C–C–N with tert-alkyl or cyclic N) is 1. The monoisotopic (exact) mass is 274 g/mol. The first kappa shape index (κ1) is 16.9. The van der Waals surface area contributed by atoms with Crippen LogP contribution in [0.2, 0.25) is 0 Å². The van der Waals surface area contributed by atoms with Gasteiger partial charge in [0.05, 0.1) is 25.4 Å². The Balaban J connectivity index is 1.88. The minimum atomic E-state index is -0.287. The van der Waals surface area contributed by atoms with Crippen molar-refractivity contribution in [2.24, 2.45) is 0 Å². The van der Waals surface area contributed by atoms with Crippen molar-refractivity contribution in [2.45, 2.75) is 38.9 Å². The molecule has 114 valence electrons.